The first-order valence-corrected chi connectivity index (χ1v) is 12.0. The van der Waals surface area contributed by atoms with Crippen LogP contribution in [-0.4, -0.2) is 71.6 Å². The van der Waals surface area contributed by atoms with Gasteiger partial charge in [0.05, 0.1) is 12.6 Å². The van der Waals surface area contributed by atoms with Crippen molar-refractivity contribution < 1.29 is 34.4 Å². The Labute approximate surface area is 183 Å². The van der Waals surface area contributed by atoms with Gasteiger partial charge < -0.3 is 30.0 Å². The highest BCUT2D eigenvalue weighted by Gasteiger charge is 2.29. The number of aliphatic hydroxyl groups excluding tert-OH is 3. The molecule has 0 bridgehead atoms. The van der Waals surface area contributed by atoms with Crippen molar-refractivity contribution in [2.75, 3.05) is 39.8 Å². The summed E-state index contributed by atoms with van der Waals surface area (Å²) in [5, 5.41) is 39.5. The molecule has 0 aromatic carbocycles. The highest BCUT2D eigenvalue weighted by atomic mass is 16.5. The van der Waals surface area contributed by atoms with Gasteiger partial charge >= 0.3 is 0 Å². The summed E-state index contributed by atoms with van der Waals surface area (Å²) in [7, 11) is 0. The summed E-state index contributed by atoms with van der Waals surface area (Å²) in [4.78, 5) is 10.8. The van der Waals surface area contributed by atoms with Crippen molar-refractivity contribution in [1.29, 1.82) is 0 Å². The van der Waals surface area contributed by atoms with E-state index in [0.29, 0.717) is 6.61 Å². The Balaban J connectivity index is 3.49. The van der Waals surface area contributed by atoms with Crippen molar-refractivity contribution in [2.24, 2.45) is 0 Å². The zero-order valence-corrected chi connectivity index (χ0v) is 19.2. The number of unbranched alkanes of at least 4 members (excludes halogenated alkanes) is 13. The Bertz CT molecular complexity index is 390. The molecule has 0 saturated carbocycles. The molecule has 180 valence electrons. The number of ether oxygens (including phenoxy) is 1. The first kappa shape index (κ1) is 29.3. The number of carbonyl (C=O) groups excluding carboxylic acids is 1. The summed E-state index contributed by atoms with van der Waals surface area (Å²) in [6.45, 7) is 1.05. The fraction of sp³-hybridized carbons (Fsp3) is 0.957. The van der Waals surface area contributed by atoms with Gasteiger partial charge in [0.25, 0.3) is 0 Å². The van der Waals surface area contributed by atoms with Gasteiger partial charge in [0, 0.05) is 6.61 Å². The second kappa shape index (κ2) is 20.2. The Morgan fingerprint density at radius 2 is 1.27 bits per heavy atom. The minimum absolute atomic E-state index is 0.0610. The Kier molecular flexibility index (Phi) is 19.7. The number of hydrogen-bond donors (Lipinski definition) is 3. The quantitative estimate of drug-likeness (QED) is 0.130. The smallest absolute Gasteiger partial charge is 0.182 e. The first-order chi connectivity index (χ1) is 14.5. The normalized spacial score (nSPS) is 12.9. The Morgan fingerprint density at radius 1 is 0.833 bits per heavy atom. The lowest BCUT2D eigenvalue weighted by Crippen LogP contribution is -2.58. The minimum Gasteiger partial charge on any atom is -0.544 e. The summed E-state index contributed by atoms with van der Waals surface area (Å²) in [5.41, 5.74) is 0. The molecule has 1 atom stereocenters. The molecule has 3 N–H and O–H groups in total. The summed E-state index contributed by atoms with van der Waals surface area (Å²) in [6, 6.07) is 0. The van der Waals surface area contributed by atoms with Crippen LogP contribution in [0.3, 0.4) is 0 Å². The van der Waals surface area contributed by atoms with Crippen molar-refractivity contribution in [3.63, 3.8) is 0 Å². The predicted octanol–water partition coefficient (Wildman–Crippen LogP) is 2.31. The molecule has 0 radical (unpaired) electrons. The zero-order chi connectivity index (χ0) is 22.5. The lowest BCUT2D eigenvalue weighted by molar-refractivity contribution is -0.958. The van der Waals surface area contributed by atoms with Crippen LogP contribution in [0.25, 0.3) is 0 Å². The average molecular weight is 434 g/mol. The Morgan fingerprint density at radius 3 is 1.67 bits per heavy atom. The second-order valence-corrected chi connectivity index (χ2v) is 8.66. The van der Waals surface area contributed by atoms with Gasteiger partial charge in [0.15, 0.2) is 13.5 Å². The standard InChI is InChI=1S/C23H47NO6/c1-2-3-4-5-6-7-8-9-10-11-12-13-14-15-16-30-19-22(27)17-24(20-25,21-26)18-23(28)29/h22,25-27H,2-21H2,1H3. The van der Waals surface area contributed by atoms with E-state index in [1.807, 2.05) is 0 Å². The molecule has 30 heavy (non-hydrogen) atoms. The van der Waals surface area contributed by atoms with Gasteiger partial charge in [0.2, 0.25) is 0 Å². The summed E-state index contributed by atoms with van der Waals surface area (Å²) >= 11 is 0. The van der Waals surface area contributed by atoms with Crippen LogP contribution in [0.15, 0.2) is 0 Å². The molecule has 7 heteroatoms. The van der Waals surface area contributed by atoms with E-state index < -0.39 is 36.6 Å². The van der Waals surface area contributed by atoms with Crippen molar-refractivity contribution in [3.8, 4) is 0 Å². The van der Waals surface area contributed by atoms with Gasteiger partial charge in [-0.15, -0.1) is 0 Å². The second-order valence-electron chi connectivity index (χ2n) is 8.66. The number of nitrogens with zero attached hydrogens (tertiary/aromatic N) is 1. The molecule has 0 aromatic rings. The largest absolute Gasteiger partial charge is 0.544 e. The number of aliphatic carboxylic acids is 1. The molecule has 0 aromatic heterocycles. The molecular formula is C23H47NO6. The number of rotatable bonds is 23. The lowest BCUT2D eigenvalue weighted by atomic mass is 10.0. The summed E-state index contributed by atoms with van der Waals surface area (Å²) in [6.07, 6.45) is 17.2. The molecule has 0 saturated heterocycles. The maximum Gasteiger partial charge on any atom is 0.182 e. The van der Waals surface area contributed by atoms with Gasteiger partial charge in [-0.3, -0.25) is 4.48 Å². The van der Waals surface area contributed by atoms with Crippen LogP contribution in [-0.2, 0) is 9.53 Å². The highest BCUT2D eigenvalue weighted by molar-refractivity contribution is 5.65. The van der Waals surface area contributed by atoms with E-state index in [2.05, 4.69) is 6.92 Å². The van der Waals surface area contributed by atoms with Gasteiger partial charge in [-0.1, -0.05) is 90.4 Å². The zero-order valence-electron chi connectivity index (χ0n) is 19.2. The van der Waals surface area contributed by atoms with E-state index in [-0.39, 0.29) is 13.2 Å². The molecule has 0 aliphatic rings. The van der Waals surface area contributed by atoms with E-state index in [1.54, 1.807) is 0 Å². The van der Waals surface area contributed by atoms with E-state index in [1.165, 1.54) is 77.0 Å². The van der Waals surface area contributed by atoms with E-state index in [0.717, 1.165) is 12.8 Å². The van der Waals surface area contributed by atoms with Gasteiger partial charge in [-0.05, 0) is 6.42 Å². The number of carboxylic acid groups (broad SMARTS) is 1. The van der Waals surface area contributed by atoms with E-state index in [4.69, 9.17) is 4.74 Å². The molecule has 0 aliphatic carbocycles. The summed E-state index contributed by atoms with van der Waals surface area (Å²) < 4.78 is 4.91. The average Bonchev–Trinajstić information content (AvgIpc) is 2.72. The minimum atomic E-state index is -1.38. The molecule has 1 unspecified atom stereocenters. The number of aliphatic hydroxyl groups is 3. The molecule has 0 spiro atoms. The van der Waals surface area contributed by atoms with Crippen LogP contribution in [0, 0.1) is 0 Å². The lowest BCUT2D eigenvalue weighted by Gasteiger charge is -2.36. The number of hydrogen-bond acceptors (Lipinski definition) is 6. The number of carbonyl (C=O) groups is 1. The molecule has 0 fully saturated rings. The van der Waals surface area contributed by atoms with Gasteiger partial charge in [-0.2, -0.15) is 0 Å². The molecular weight excluding hydrogens is 386 g/mol. The monoisotopic (exact) mass is 433 g/mol. The van der Waals surface area contributed by atoms with Crippen LogP contribution in [0.4, 0.5) is 0 Å². The number of quaternary nitrogens is 1. The van der Waals surface area contributed by atoms with Crippen LogP contribution in [0.1, 0.15) is 96.8 Å². The fourth-order valence-electron chi connectivity index (χ4n) is 3.72. The topological polar surface area (TPSA) is 110 Å². The van der Waals surface area contributed by atoms with Crippen molar-refractivity contribution in [2.45, 2.75) is 103 Å². The highest BCUT2D eigenvalue weighted by Crippen LogP contribution is 2.13. The van der Waals surface area contributed by atoms with Crippen molar-refractivity contribution in [1.82, 2.24) is 0 Å². The van der Waals surface area contributed by atoms with Gasteiger partial charge in [0.1, 0.15) is 19.2 Å². The molecule has 0 heterocycles. The van der Waals surface area contributed by atoms with E-state index in [9.17, 15) is 25.2 Å². The third-order valence-electron chi connectivity index (χ3n) is 5.62. The van der Waals surface area contributed by atoms with Gasteiger partial charge in [-0.25, -0.2) is 0 Å². The van der Waals surface area contributed by atoms with Crippen LogP contribution in [0.2, 0.25) is 0 Å². The van der Waals surface area contributed by atoms with Crippen LogP contribution < -0.4 is 5.11 Å². The van der Waals surface area contributed by atoms with Crippen LogP contribution >= 0.6 is 0 Å². The predicted molar refractivity (Wildman–Crippen MR) is 116 cm³/mol. The van der Waals surface area contributed by atoms with Crippen molar-refractivity contribution in [3.05, 3.63) is 0 Å². The maximum absolute atomic E-state index is 10.8. The number of carboxylic acids is 1. The van der Waals surface area contributed by atoms with E-state index >= 15 is 0 Å². The molecule has 0 rings (SSSR count). The maximum atomic E-state index is 10.8. The van der Waals surface area contributed by atoms with Crippen LogP contribution in [0.5, 0.6) is 0 Å². The fourth-order valence-corrected chi connectivity index (χ4v) is 3.72. The molecule has 7 nitrogen and oxygen atoms in total. The molecule has 0 amide bonds. The summed E-state index contributed by atoms with van der Waals surface area (Å²) in [5.74, 6) is -1.38. The SMILES string of the molecule is CCCCCCCCCCCCCCCCOCC(O)C[N+](CO)(CO)CC(=O)[O-]. The third kappa shape index (κ3) is 17.0. The van der Waals surface area contributed by atoms with Crippen molar-refractivity contribution >= 4 is 5.97 Å². The first-order valence-electron chi connectivity index (χ1n) is 12.0. The Hall–Kier alpha value is -0.730. The molecule has 0 aliphatic heterocycles. The third-order valence-corrected chi connectivity index (χ3v) is 5.62.